The van der Waals surface area contributed by atoms with E-state index in [9.17, 15) is 0 Å². The van der Waals surface area contributed by atoms with Gasteiger partial charge in [-0.2, -0.15) is 11.8 Å². The van der Waals surface area contributed by atoms with Crippen molar-refractivity contribution in [2.45, 2.75) is 30.6 Å². The minimum absolute atomic E-state index is 0.630. The zero-order valence-electron chi connectivity index (χ0n) is 8.00. The van der Waals surface area contributed by atoms with Crippen LogP contribution in [0.25, 0.3) is 0 Å². The number of rotatable bonds is 3. The topological polar surface area (TPSA) is 24.9 Å². The van der Waals surface area contributed by atoms with E-state index < -0.39 is 0 Å². The van der Waals surface area contributed by atoms with Gasteiger partial charge in [0.2, 0.25) is 0 Å². The Morgan fingerprint density at radius 3 is 3.07 bits per heavy atom. The summed E-state index contributed by atoms with van der Waals surface area (Å²) in [5.41, 5.74) is 0. The third kappa shape index (κ3) is 2.64. The Hall–Kier alpha value is 0.260. The molecule has 1 fully saturated rings. The minimum atomic E-state index is 0.630. The van der Waals surface area contributed by atoms with Crippen molar-refractivity contribution in [3.63, 3.8) is 0 Å². The highest BCUT2D eigenvalue weighted by Gasteiger charge is 2.24. The Morgan fingerprint density at radius 1 is 1.64 bits per heavy atom. The Labute approximate surface area is 101 Å². The second-order valence-electron chi connectivity index (χ2n) is 3.49. The maximum atomic E-state index is 4.34. The van der Waals surface area contributed by atoms with Crippen LogP contribution < -0.4 is 5.32 Å². The number of nitrogens with zero attached hydrogens (tertiary/aromatic N) is 1. The Balaban J connectivity index is 1.87. The molecule has 0 saturated heterocycles. The Kier molecular flexibility index (Phi) is 3.73. The molecule has 14 heavy (non-hydrogen) atoms. The van der Waals surface area contributed by atoms with Crippen molar-refractivity contribution >= 4 is 44.2 Å². The van der Waals surface area contributed by atoms with Gasteiger partial charge in [-0.1, -0.05) is 0 Å². The molecule has 5 heteroatoms. The van der Waals surface area contributed by atoms with Crippen molar-refractivity contribution < 1.29 is 0 Å². The Morgan fingerprint density at radius 2 is 2.50 bits per heavy atom. The molecule has 1 aliphatic rings. The molecular weight excluding hydrogens is 280 g/mol. The molecule has 2 nitrogen and oxygen atoms in total. The molecule has 1 aromatic heterocycles. The lowest BCUT2D eigenvalue weighted by Crippen LogP contribution is -2.15. The van der Waals surface area contributed by atoms with Crippen LogP contribution in [-0.2, 0) is 0 Å². The molecular formula is C9H13BrN2S2. The predicted octanol–water partition coefficient (Wildman–Crippen LogP) is 3.60. The number of anilines is 1. The first-order valence-corrected chi connectivity index (χ1v) is 7.64. The van der Waals surface area contributed by atoms with Crippen LogP contribution in [0.15, 0.2) is 9.98 Å². The molecule has 0 amide bonds. The summed E-state index contributed by atoms with van der Waals surface area (Å²) in [5, 5.41) is 7.40. The van der Waals surface area contributed by atoms with Gasteiger partial charge in [0.15, 0.2) is 5.13 Å². The number of nitrogens with one attached hydrogen (secondary N) is 1. The third-order valence-corrected chi connectivity index (χ3v) is 5.10. The molecule has 1 aromatic rings. The molecule has 0 aromatic carbocycles. The van der Waals surface area contributed by atoms with E-state index >= 15 is 0 Å². The molecule has 1 saturated carbocycles. The smallest absolute Gasteiger partial charge is 0.183 e. The third-order valence-electron chi connectivity index (χ3n) is 2.52. The van der Waals surface area contributed by atoms with E-state index in [0.717, 1.165) is 15.0 Å². The number of hydrogen-bond acceptors (Lipinski definition) is 4. The highest BCUT2D eigenvalue weighted by Crippen LogP contribution is 2.31. The van der Waals surface area contributed by atoms with Gasteiger partial charge in [-0.15, -0.1) is 11.3 Å². The van der Waals surface area contributed by atoms with Crippen LogP contribution in [0.2, 0.25) is 0 Å². The van der Waals surface area contributed by atoms with Gasteiger partial charge < -0.3 is 5.32 Å². The van der Waals surface area contributed by atoms with E-state index in [2.05, 4.69) is 32.5 Å². The van der Waals surface area contributed by atoms with Crippen LogP contribution in [0.1, 0.15) is 19.3 Å². The highest BCUT2D eigenvalue weighted by atomic mass is 79.9. The standard InChI is InChI=1S/C9H13BrN2S2/c1-13-7-3-2-6(4-7)11-9-12-8(10)5-14-9/h5-7H,2-4H2,1H3,(H,11,12). The van der Waals surface area contributed by atoms with Crippen LogP contribution in [0.3, 0.4) is 0 Å². The summed E-state index contributed by atoms with van der Waals surface area (Å²) in [4.78, 5) is 4.34. The van der Waals surface area contributed by atoms with Gasteiger partial charge in [-0.05, 0) is 41.4 Å². The summed E-state index contributed by atoms with van der Waals surface area (Å²) in [6.45, 7) is 0. The molecule has 0 aliphatic heterocycles. The predicted molar refractivity (Wildman–Crippen MR) is 68.4 cm³/mol. The molecule has 1 aliphatic carbocycles. The van der Waals surface area contributed by atoms with Crippen LogP contribution >= 0.6 is 39.0 Å². The number of thioether (sulfide) groups is 1. The molecule has 2 atom stereocenters. The SMILES string of the molecule is CSC1CCC(Nc2nc(Br)cs2)C1. The summed E-state index contributed by atoms with van der Waals surface area (Å²) in [6, 6.07) is 0.630. The van der Waals surface area contributed by atoms with E-state index in [1.165, 1.54) is 19.3 Å². The molecule has 2 rings (SSSR count). The van der Waals surface area contributed by atoms with Gasteiger partial charge in [0.05, 0.1) is 0 Å². The van der Waals surface area contributed by atoms with Crippen molar-refractivity contribution in [2.75, 3.05) is 11.6 Å². The number of hydrogen-bond donors (Lipinski definition) is 1. The van der Waals surface area contributed by atoms with Crippen molar-refractivity contribution in [2.24, 2.45) is 0 Å². The summed E-state index contributed by atoms with van der Waals surface area (Å²) in [6.07, 6.45) is 6.10. The van der Waals surface area contributed by atoms with Gasteiger partial charge in [0, 0.05) is 16.7 Å². The molecule has 0 bridgehead atoms. The molecule has 0 radical (unpaired) electrons. The van der Waals surface area contributed by atoms with Gasteiger partial charge in [-0.25, -0.2) is 4.98 Å². The summed E-state index contributed by atoms with van der Waals surface area (Å²) in [7, 11) is 0. The number of thiazole rings is 1. The maximum Gasteiger partial charge on any atom is 0.183 e. The first-order chi connectivity index (χ1) is 6.78. The lowest BCUT2D eigenvalue weighted by Gasteiger charge is -2.10. The molecule has 78 valence electrons. The molecule has 0 spiro atoms. The van der Waals surface area contributed by atoms with Crippen molar-refractivity contribution in [1.82, 2.24) is 4.98 Å². The van der Waals surface area contributed by atoms with Gasteiger partial charge in [0.1, 0.15) is 4.60 Å². The molecule has 1 N–H and O–H groups in total. The average Bonchev–Trinajstić information content (AvgIpc) is 2.76. The van der Waals surface area contributed by atoms with Crippen LogP contribution in [0, 0.1) is 0 Å². The van der Waals surface area contributed by atoms with Gasteiger partial charge >= 0.3 is 0 Å². The fourth-order valence-corrected chi connectivity index (χ4v) is 3.80. The van der Waals surface area contributed by atoms with E-state index in [-0.39, 0.29) is 0 Å². The van der Waals surface area contributed by atoms with Crippen molar-refractivity contribution in [3.05, 3.63) is 9.98 Å². The van der Waals surface area contributed by atoms with Crippen LogP contribution in [0.4, 0.5) is 5.13 Å². The monoisotopic (exact) mass is 292 g/mol. The Bertz CT molecular complexity index is 303. The van der Waals surface area contributed by atoms with E-state index in [1.807, 2.05) is 17.1 Å². The zero-order chi connectivity index (χ0) is 9.97. The van der Waals surface area contributed by atoms with Gasteiger partial charge in [-0.3, -0.25) is 0 Å². The fraction of sp³-hybridized carbons (Fsp3) is 0.667. The minimum Gasteiger partial charge on any atom is -0.359 e. The van der Waals surface area contributed by atoms with Crippen LogP contribution in [0.5, 0.6) is 0 Å². The summed E-state index contributed by atoms with van der Waals surface area (Å²) < 4.78 is 0.935. The highest BCUT2D eigenvalue weighted by molar-refractivity contribution is 9.10. The largest absolute Gasteiger partial charge is 0.359 e. The lowest BCUT2D eigenvalue weighted by molar-refractivity contribution is 0.755. The summed E-state index contributed by atoms with van der Waals surface area (Å²) in [5.74, 6) is 0. The second kappa shape index (κ2) is 4.86. The fourth-order valence-electron chi connectivity index (χ4n) is 1.78. The molecule has 2 unspecified atom stereocenters. The van der Waals surface area contributed by atoms with Crippen molar-refractivity contribution in [1.29, 1.82) is 0 Å². The summed E-state index contributed by atoms with van der Waals surface area (Å²) >= 11 is 7.02. The zero-order valence-corrected chi connectivity index (χ0v) is 11.2. The average molecular weight is 293 g/mol. The lowest BCUT2D eigenvalue weighted by atomic mass is 10.3. The van der Waals surface area contributed by atoms with E-state index in [0.29, 0.717) is 6.04 Å². The second-order valence-corrected chi connectivity index (χ2v) is 6.30. The van der Waals surface area contributed by atoms with E-state index in [4.69, 9.17) is 0 Å². The number of halogens is 1. The normalized spacial score (nSPS) is 26.7. The van der Waals surface area contributed by atoms with E-state index in [1.54, 1.807) is 11.3 Å². The van der Waals surface area contributed by atoms with Crippen molar-refractivity contribution in [3.8, 4) is 0 Å². The van der Waals surface area contributed by atoms with Gasteiger partial charge in [0.25, 0.3) is 0 Å². The quantitative estimate of drug-likeness (QED) is 0.921. The maximum absolute atomic E-state index is 4.34. The first-order valence-electron chi connectivity index (χ1n) is 4.68. The molecule has 1 heterocycles. The number of aromatic nitrogens is 1. The van der Waals surface area contributed by atoms with Crippen LogP contribution in [-0.4, -0.2) is 22.5 Å². The first kappa shape index (κ1) is 10.8.